The molecule has 0 aliphatic carbocycles. The highest BCUT2D eigenvalue weighted by Gasteiger charge is 2.19. The number of hydrogen-bond acceptors (Lipinski definition) is 4. The number of nitrogens with zero attached hydrogens (tertiary/aromatic N) is 2. The maximum absolute atomic E-state index is 6.61. The smallest absolute Gasteiger partial charge is 0.160 e. The second-order valence-corrected chi connectivity index (χ2v) is 13.7. The molecule has 252 valence electrons. The lowest BCUT2D eigenvalue weighted by molar-refractivity contribution is 0.670. The van der Waals surface area contributed by atoms with Crippen LogP contribution in [0.15, 0.2) is 191 Å². The zero-order chi connectivity index (χ0) is 35.6. The van der Waals surface area contributed by atoms with Crippen LogP contribution in [-0.4, -0.2) is 9.97 Å². The molecule has 0 saturated heterocycles. The molecule has 0 atom stereocenters. The second kappa shape index (κ2) is 12.1. The zero-order valence-corrected chi connectivity index (χ0v) is 29.0. The quantitative estimate of drug-likeness (QED) is 0.180. The first kappa shape index (κ1) is 30.3. The number of hydrogen-bond donors (Lipinski definition) is 0. The molecule has 0 amide bonds. The molecule has 0 aliphatic rings. The minimum Gasteiger partial charge on any atom is -0.455 e. The van der Waals surface area contributed by atoms with Crippen molar-refractivity contribution in [3.63, 3.8) is 0 Å². The third kappa shape index (κ3) is 4.85. The van der Waals surface area contributed by atoms with Gasteiger partial charge in [0.05, 0.1) is 11.4 Å². The Labute approximate surface area is 310 Å². The lowest BCUT2D eigenvalue weighted by Gasteiger charge is -2.11. The van der Waals surface area contributed by atoms with Crippen molar-refractivity contribution in [3.8, 4) is 56.2 Å². The SMILES string of the molecule is c1ccc(-c2cc(-c3cccc4c3oc3ccccc34)nc(-c3ccc(-c4cc5c(oc6cccc(-c7ccccc7)c65)c5ccccc45)cc3)n2)cc1. The van der Waals surface area contributed by atoms with Gasteiger partial charge in [-0.15, -0.1) is 0 Å². The van der Waals surface area contributed by atoms with Crippen LogP contribution in [0.1, 0.15) is 0 Å². The van der Waals surface area contributed by atoms with Gasteiger partial charge in [0.25, 0.3) is 0 Å². The number of furan rings is 2. The van der Waals surface area contributed by atoms with Crippen molar-refractivity contribution < 1.29 is 8.83 Å². The van der Waals surface area contributed by atoms with E-state index < -0.39 is 0 Å². The van der Waals surface area contributed by atoms with Gasteiger partial charge in [0.1, 0.15) is 22.3 Å². The third-order valence-electron chi connectivity index (χ3n) is 10.5. The van der Waals surface area contributed by atoms with Crippen molar-refractivity contribution in [2.24, 2.45) is 0 Å². The lowest BCUT2D eigenvalue weighted by Crippen LogP contribution is -1.96. The van der Waals surface area contributed by atoms with Crippen molar-refractivity contribution in [3.05, 3.63) is 182 Å². The maximum atomic E-state index is 6.61. The molecule has 3 aromatic heterocycles. The normalized spacial score (nSPS) is 11.7. The minimum atomic E-state index is 0.652. The molecule has 4 nitrogen and oxygen atoms in total. The number of para-hydroxylation sites is 2. The predicted octanol–water partition coefficient (Wildman–Crippen LogP) is 13.8. The molecular formula is C50H30N2O2. The fourth-order valence-corrected chi connectivity index (χ4v) is 7.96. The number of benzene rings is 8. The van der Waals surface area contributed by atoms with Gasteiger partial charge in [-0.1, -0.05) is 152 Å². The van der Waals surface area contributed by atoms with E-state index in [-0.39, 0.29) is 0 Å². The molecule has 4 heteroatoms. The van der Waals surface area contributed by atoms with E-state index >= 15 is 0 Å². The Morgan fingerprint density at radius 1 is 0.315 bits per heavy atom. The van der Waals surface area contributed by atoms with Crippen LogP contribution in [0.4, 0.5) is 0 Å². The van der Waals surface area contributed by atoms with E-state index in [4.69, 9.17) is 18.8 Å². The summed E-state index contributed by atoms with van der Waals surface area (Å²) in [5, 5.41) is 6.62. The first-order valence-electron chi connectivity index (χ1n) is 18.2. The Balaban J connectivity index is 1.08. The largest absolute Gasteiger partial charge is 0.455 e. The van der Waals surface area contributed by atoms with Crippen LogP contribution in [0, 0.1) is 0 Å². The van der Waals surface area contributed by atoms with Crippen LogP contribution >= 0.6 is 0 Å². The van der Waals surface area contributed by atoms with Gasteiger partial charge >= 0.3 is 0 Å². The molecule has 0 fully saturated rings. The Bertz CT molecular complexity index is 3200. The first-order valence-corrected chi connectivity index (χ1v) is 18.2. The van der Waals surface area contributed by atoms with Gasteiger partial charge in [-0.3, -0.25) is 0 Å². The first-order chi connectivity index (χ1) is 26.8. The average molecular weight is 691 g/mol. The highest BCUT2D eigenvalue weighted by atomic mass is 16.3. The van der Waals surface area contributed by atoms with Crippen molar-refractivity contribution >= 4 is 54.6 Å². The Kier molecular flexibility index (Phi) is 6.82. The molecule has 0 unspecified atom stereocenters. The summed E-state index contributed by atoms with van der Waals surface area (Å²) in [6.45, 7) is 0. The van der Waals surface area contributed by atoms with Crippen LogP contribution in [-0.2, 0) is 0 Å². The Morgan fingerprint density at radius 2 is 0.870 bits per heavy atom. The van der Waals surface area contributed by atoms with Crippen molar-refractivity contribution in [2.45, 2.75) is 0 Å². The summed E-state index contributed by atoms with van der Waals surface area (Å²) >= 11 is 0. The molecule has 0 saturated carbocycles. The molecule has 0 N–H and O–H groups in total. The van der Waals surface area contributed by atoms with E-state index in [9.17, 15) is 0 Å². The van der Waals surface area contributed by atoms with Crippen molar-refractivity contribution in [1.82, 2.24) is 9.97 Å². The van der Waals surface area contributed by atoms with E-state index in [2.05, 4.69) is 146 Å². The molecule has 3 heterocycles. The molecule has 8 aromatic carbocycles. The van der Waals surface area contributed by atoms with Gasteiger partial charge in [-0.05, 0) is 58.0 Å². The monoisotopic (exact) mass is 690 g/mol. The maximum Gasteiger partial charge on any atom is 0.160 e. The van der Waals surface area contributed by atoms with Crippen LogP contribution in [0.25, 0.3) is 111 Å². The van der Waals surface area contributed by atoms with Gasteiger partial charge in [0.2, 0.25) is 0 Å². The standard InChI is InChI=1S/C50H30N2O2/c1-3-13-31(14-4-1)35-20-12-24-46-47(35)42-29-41(36-17-7-8-19-38(36)49(42)54-46)32-25-27-34(28-26-32)50-51-43(33-15-5-2-6-16-33)30-44(52-50)40-22-11-21-39-37-18-9-10-23-45(37)53-48(39)40/h1-30H. The lowest BCUT2D eigenvalue weighted by atomic mass is 9.93. The number of rotatable bonds is 5. The summed E-state index contributed by atoms with van der Waals surface area (Å²) in [6, 6.07) is 63.1. The summed E-state index contributed by atoms with van der Waals surface area (Å²) in [5.74, 6) is 0.652. The van der Waals surface area contributed by atoms with E-state index in [1.807, 2.05) is 36.4 Å². The molecule has 0 radical (unpaired) electrons. The number of fused-ring (bicyclic) bond motifs is 8. The fourth-order valence-electron chi connectivity index (χ4n) is 7.96. The summed E-state index contributed by atoms with van der Waals surface area (Å²) in [6.07, 6.45) is 0. The van der Waals surface area contributed by atoms with Gasteiger partial charge < -0.3 is 8.83 Å². The molecule has 0 spiro atoms. The van der Waals surface area contributed by atoms with E-state index in [1.54, 1.807) is 0 Å². The van der Waals surface area contributed by atoms with E-state index in [0.717, 1.165) is 99.4 Å². The number of aromatic nitrogens is 2. The van der Waals surface area contributed by atoms with Crippen LogP contribution in [0.2, 0.25) is 0 Å². The summed E-state index contributed by atoms with van der Waals surface area (Å²) in [7, 11) is 0. The van der Waals surface area contributed by atoms with Gasteiger partial charge in [0, 0.05) is 43.6 Å². The second-order valence-electron chi connectivity index (χ2n) is 13.7. The average Bonchev–Trinajstić information content (AvgIpc) is 3.83. The molecule has 0 bridgehead atoms. The molecule has 54 heavy (non-hydrogen) atoms. The predicted molar refractivity (Wildman–Crippen MR) is 221 cm³/mol. The Hall–Kier alpha value is -7.30. The zero-order valence-electron chi connectivity index (χ0n) is 29.0. The summed E-state index contributed by atoms with van der Waals surface area (Å²) in [4.78, 5) is 10.3. The van der Waals surface area contributed by atoms with Gasteiger partial charge in [0.15, 0.2) is 5.82 Å². The molecule has 11 aromatic rings. The highest BCUT2D eigenvalue weighted by Crippen LogP contribution is 2.43. The molecule has 0 aliphatic heterocycles. The minimum absolute atomic E-state index is 0.652. The van der Waals surface area contributed by atoms with Crippen molar-refractivity contribution in [2.75, 3.05) is 0 Å². The van der Waals surface area contributed by atoms with E-state index in [1.165, 1.54) is 5.56 Å². The Morgan fingerprint density at radius 3 is 1.69 bits per heavy atom. The summed E-state index contributed by atoms with van der Waals surface area (Å²) < 4.78 is 13.1. The van der Waals surface area contributed by atoms with Gasteiger partial charge in [-0.25, -0.2) is 9.97 Å². The van der Waals surface area contributed by atoms with Gasteiger partial charge in [-0.2, -0.15) is 0 Å². The molecular weight excluding hydrogens is 661 g/mol. The van der Waals surface area contributed by atoms with Crippen LogP contribution < -0.4 is 0 Å². The third-order valence-corrected chi connectivity index (χ3v) is 10.5. The fraction of sp³-hybridized carbons (Fsp3) is 0. The summed E-state index contributed by atoms with van der Waals surface area (Å²) in [5.41, 5.74) is 12.6. The van der Waals surface area contributed by atoms with Crippen molar-refractivity contribution in [1.29, 1.82) is 0 Å². The van der Waals surface area contributed by atoms with Crippen LogP contribution in [0.5, 0.6) is 0 Å². The molecule has 11 rings (SSSR count). The topological polar surface area (TPSA) is 52.1 Å². The highest BCUT2D eigenvalue weighted by molar-refractivity contribution is 6.22. The van der Waals surface area contributed by atoms with E-state index in [0.29, 0.717) is 5.82 Å². The van der Waals surface area contributed by atoms with Crippen LogP contribution in [0.3, 0.4) is 0 Å².